The first-order valence-corrected chi connectivity index (χ1v) is 11.5. The number of aryl methyl sites for hydroxylation is 3. The van der Waals surface area contributed by atoms with Crippen LogP contribution in [0.15, 0.2) is 65.6 Å². The van der Waals surface area contributed by atoms with Crippen molar-refractivity contribution in [2.24, 2.45) is 0 Å². The lowest BCUT2D eigenvalue weighted by molar-refractivity contribution is 0.102. The fourth-order valence-corrected chi connectivity index (χ4v) is 4.70. The van der Waals surface area contributed by atoms with Gasteiger partial charge in [0.25, 0.3) is 15.9 Å². The van der Waals surface area contributed by atoms with Crippen molar-refractivity contribution in [3.63, 3.8) is 0 Å². The van der Waals surface area contributed by atoms with Gasteiger partial charge in [-0.05, 0) is 103 Å². The van der Waals surface area contributed by atoms with Gasteiger partial charge < -0.3 is 5.32 Å². The van der Waals surface area contributed by atoms with Gasteiger partial charge in [0.2, 0.25) is 0 Å². The average Bonchev–Trinajstić information content (AvgIpc) is 2.65. The Labute approximate surface area is 184 Å². The minimum absolute atomic E-state index is 0.124. The van der Waals surface area contributed by atoms with Crippen molar-refractivity contribution in [3.8, 4) is 0 Å². The Morgan fingerprint density at radius 2 is 1.48 bits per heavy atom. The largest absolute Gasteiger partial charge is 0.322 e. The summed E-state index contributed by atoms with van der Waals surface area (Å²) in [5.74, 6) is -0.238. The van der Waals surface area contributed by atoms with Crippen LogP contribution in [0.1, 0.15) is 27.0 Å². The van der Waals surface area contributed by atoms with Crippen LogP contribution < -0.4 is 10.0 Å². The zero-order valence-corrected chi connectivity index (χ0v) is 19.3. The molecule has 29 heavy (non-hydrogen) atoms. The number of rotatable bonds is 5. The summed E-state index contributed by atoms with van der Waals surface area (Å²) < 4.78 is 28.7. The van der Waals surface area contributed by atoms with E-state index in [0.29, 0.717) is 16.9 Å². The maximum Gasteiger partial charge on any atom is 0.261 e. The van der Waals surface area contributed by atoms with Gasteiger partial charge in [-0.3, -0.25) is 9.52 Å². The van der Waals surface area contributed by atoms with Crippen LogP contribution in [-0.2, 0) is 10.0 Å². The number of halogens is 1. The molecule has 0 aliphatic rings. The summed E-state index contributed by atoms with van der Waals surface area (Å²) in [6.45, 7) is 5.87. The predicted molar refractivity (Wildman–Crippen MR) is 125 cm³/mol. The molecule has 0 radical (unpaired) electrons. The Bertz CT molecular complexity index is 1170. The second kappa shape index (κ2) is 8.54. The Kier molecular flexibility index (Phi) is 6.28. The SMILES string of the molecule is Cc1ccc(C(=O)Nc2ccc(S(=O)(=O)Nc3ccc(C)c(C)c3)cc2)c(I)c1. The summed E-state index contributed by atoms with van der Waals surface area (Å²) in [6.07, 6.45) is 0. The van der Waals surface area contributed by atoms with Crippen molar-refractivity contribution in [1.29, 1.82) is 0 Å². The fourth-order valence-electron chi connectivity index (χ4n) is 2.74. The Hall–Kier alpha value is -2.39. The van der Waals surface area contributed by atoms with E-state index < -0.39 is 10.0 Å². The molecule has 0 saturated heterocycles. The number of carbonyl (C=O) groups is 1. The molecule has 2 N–H and O–H groups in total. The van der Waals surface area contributed by atoms with E-state index in [1.54, 1.807) is 30.3 Å². The first kappa shape index (κ1) is 21.3. The third kappa shape index (κ3) is 5.16. The third-order valence-corrected chi connectivity index (χ3v) is 6.84. The van der Waals surface area contributed by atoms with Crippen LogP contribution in [0.4, 0.5) is 11.4 Å². The summed E-state index contributed by atoms with van der Waals surface area (Å²) in [4.78, 5) is 12.6. The zero-order chi connectivity index (χ0) is 21.2. The Balaban J connectivity index is 1.75. The van der Waals surface area contributed by atoms with E-state index >= 15 is 0 Å². The molecule has 7 heteroatoms. The molecule has 0 bridgehead atoms. The highest BCUT2D eigenvalue weighted by molar-refractivity contribution is 14.1. The maximum atomic E-state index is 12.6. The summed E-state index contributed by atoms with van der Waals surface area (Å²) in [5, 5.41) is 2.80. The fraction of sp³-hybridized carbons (Fsp3) is 0.136. The number of hydrogen-bond donors (Lipinski definition) is 2. The third-order valence-electron chi connectivity index (χ3n) is 4.55. The highest BCUT2D eigenvalue weighted by Gasteiger charge is 2.15. The van der Waals surface area contributed by atoms with Gasteiger partial charge in [-0.25, -0.2) is 8.42 Å². The molecule has 0 aliphatic heterocycles. The molecule has 0 spiro atoms. The van der Waals surface area contributed by atoms with Crippen LogP contribution in [-0.4, -0.2) is 14.3 Å². The van der Waals surface area contributed by atoms with Crippen LogP contribution in [0, 0.1) is 24.3 Å². The molecular formula is C22H21IN2O3S. The number of nitrogens with one attached hydrogen (secondary N) is 2. The van der Waals surface area contributed by atoms with Crippen LogP contribution >= 0.6 is 22.6 Å². The molecule has 1 amide bonds. The summed E-state index contributed by atoms with van der Waals surface area (Å²) in [7, 11) is -3.72. The summed E-state index contributed by atoms with van der Waals surface area (Å²) >= 11 is 2.13. The number of anilines is 2. The summed E-state index contributed by atoms with van der Waals surface area (Å²) in [6, 6.07) is 17.1. The van der Waals surface area contributed by atoms with Crippen molar-refractivity contribution < 1.29 is 13.2 Å². The number of sulfonamides is 1. The van der Waals surface area contributed by atoms with E-state index in [1.165, 1.54) is 12.1 Å². The number of amides is 1. The molecule has 150 valence electrons. The molecule has 0 heterocycles. The highest BCUT2D eigenvalue weighted by atomic mass is 127. The molecule has 0 fully saturated rings. The van der Waals surface area contributed by atoms with Crippen molar-refractivity contribution in [1.82, 2.24) is 0 Å². The number of benzene rings is 3. The van der Waals surface area contributed by atoms with Gasteiger partial charge in [-0.2, -0.15) is 0 Å². The van der Waals surface area contributed by atoms with Crippen molar-refractivity contribution >= 4 is 49.9 Å². The monoisotopic (exact) mass is 520 g/mol. The van der Waals surface area contributed by atoms with Gasteiger partial charge >= 0.3 is 0 Å². The van der Waals surface area contributed by atoms with E-state index in [2.05, 4.69) is 32.6 Å². The Morgan fingerprint density at radius 1 is 0.828 bits per heavy atom. The topological polar surface area (TPSA) is 75.3 Å². The molecule has 0 aliphatic carbocycles. The van der Waals surface area contributed by atoms with Crippen molar-refractivity contribution in [2.75, 3.05) is 10.0 Å². The van der Waals surface area contributed by atoms with E-state index in [9.17, 15) is 13.2 Å². The maximum absolute atomic E-state index is 12.6. The molecule has 3 rings (SSSR count). The lowest BCUT2D eigenvalue weighted by atomic mass is 10.1. The van der Waals surface area contributed by atoms with Crippen molar-refractivity contribution in [2.45, 2.75) is 25.7 Å². The van der Waals surface area contributed by atoms with Gasteiger partial charge in [0.05, 0.1) is 10.5 Å². The molecule has 3 aromatic rings. The first-order chi connectivity index (χ1) is 13.7. The lowest BCUT2D eigenvalue weighted by Crippen LogP contribution is -2.15. The second-order valence-electron chi connectivity index (χ2n) is 6.87. The molecule has 5 nitrogen and oxygen atoms in total. The molecular weight excluding hydrogens is 499 g/mol. The van der Waals surface area contributed by atoms with E-state index in [1.807, 2.05) is 39.0 Å². The van der Waals surface area contributed by atoms with Crippen molar-refractivity contribution in [3.05, 3.63) is 86.5 Å². The van der Waals surface area contributed by atoms with Gasteiger partial charge in [-0.15, -0.1) is 0 Å². The standard InChI is InChI=1S/C22H21IN2O3S/c1-14-4-11-20(21(23)12-14)22(26)24-17-7-9-19(10-8-17)29(27,28)25-18-6-5-15(2)16(3)13-18/h4-13,25H,1-3H3,(H,24,26). The molecule has 3 aromatic carbocycles. The quantitative estimate of drug-likeness (QED) is 0.451. The predicted octanol–water partition coefficient (Wildman–Crippen LogP) is 5.27. The lowest BCUT2D eigenvalue weighted by Gasteiger charge is -2.11. The van der Waals surface area contributed by atoms with Gasteiger partial charge in [0.15, 0.2) is 0 Å². The molecule has 0 atom stereocenters. The Morgan fingerprint density at radius 3 is 2.10 bits per heavy atom. The van der Waals surface area contributed by atoms with E-state index in [0.717, 1.165) is 20.3 Å². The van der Waals surface area contributed by atoms with Gasteiger partial charge in [0, 0.05) is 14.9 Å². The van der Waals surface area contributed by atoms with E-state index in [-0.39, 0.29) is 10.8 Å². The smallest absolute Gasteiger partial charge is 0.261 e. The van der Waals surface area contributed by atoms with Crippen LogP contribution in [0.25, 0.3) is 0 Å². The summed E-state index contributed by atoms with van der Waals surface area (Å²) in [5.41, 5.74) is 4.79. The van der Waals surface area contributed by atoms with Gasteiger partial charge in [-0.1, -0.05) is 17.7 Å². The van der Waals surface area contributed by atoms with Crippen LogP contribution in [0.5, 0.6) is 0 Å². The average molecular weight is 520 g/mol. The highest BCUT2D eigenvalue weighted by Crippen LogP contribution is 2.21. The van der Waals surface area contributed by atoms with Gasteiger partial charge in [0.1, 0.15) is 0 Å². The minimum Gasteiger partial charge on any atom is -0.322 e. The number of hydrogen-bond acceptors (Lipinski definition) is 3. The van der Waals surface area contributed by atoms with Crippen LogP contribution in [0.2, 0.25) is 0 Å². The minimum atomic E-state index is -3.72. The first-order valence-electron chi connectivity index (χ1n) is 8.93. The second-order valence-corrected chi connectivity index (χ2v) is 9.71. The molecule has 0 aromatic heterocycles. The number of carbonyl (C=O) groups excluding carboxylic acids is 1. The van der Waals surface area contributed by atoms with Crippen LogP contribution in [0.3, 0.4) is 0 Å². The molecule has 0 unspecified atom stereocenters. The zero-order valence-electron chi connectivity index (χ0n) is 16.3. The normalized spacial score (nSPS) is 11.2. The molecule has 0 saturated carbocycles. The van der Waals surface area contributed by atoms with E-state index in [4.69, 9.17) is 0 Å².